The van der Waals surface area contributed by atoms with Crippen LogP contribution in [0.1, 0.15) is 20.8 Å². The van der Waals surface area contributed by atoms with Crippen LogP contribution in [0, 0.1) is 6.55 Å². The Hall–Kier alpha value is 1.27. The maximum Gasteiger partial charge on any atom is 2.00 e. The third kappa shape index (κ3) is 6.01. The molecule has 0 aromatic rings. The molecule has 0 radical (unpaired) electrons. The van der Waals surface area contributed by atoms with Crippen molar-refractivity contribution in [3.05, 3.63) is 6.55 Å². The third-order valence-electron chi connectivity index (χ3n) is 2.03. The molecule has 0 nitrogen and oxygen atoms in total. The van der Waals surface area contributed by atoms with Crippen LogP contribution in [-0.4, -0.2) is 31.1 Å². The van der Waals surface area contributed by atoms with Gasteiger partial charge >= 0.3 is 23.1 Å². The van der Waals surface area contributed by atoms with Gasteiger partial charge in [-0.2, -0.15) is 0 Å². The first-order valence-electron chi connectivity index (χ1n) is 3.10. The molecule has 0 saturated heterocycles. The first kappa shape index (κ1) is 17.4. The Morgan fingerprint density at radius 1 is 1.10 bits per heavy atom. The molecule has 0 fully saturated rings. The number of rotatable bonds is 0. The van der Waals surface area contributed by atoms with E-state index in [2.05, 4.69) is 40.4 Å². The van der Waals surface area contributed by atoms with Gasteiger partial charge in [0.25, 0.3) is 0 Å². The predicted molar refractivity (Wildman–Crippen MR) is 48.3 cm³/mol. The second kappa shape index (κ2) is 5.01. The Bertz CT molecular complexity index is 68.6. The van der Waals surface area contributed by atoms with Crippen LogP contribution in [0.15, 0.2) is 0 Å². The Morgan fingerprint density at radius 3 is 1.20 bits per heavy atom. The largest absolute Gasteiger partial charge is 2.00 e. The quantitative estimate of drug-likeness (QED) is 0.355. The summed E-state index contributed by atoms with van der Waals surface area (Å²) in [5.41, 5.74) is 0. The van der Waals surface area contributed by atoms with Gasteiger partial charge in [0.2, 0.25) is 0 Å². The van der Waals surface area contributed by atoms with E-state index in [4.69, 9.17) is 0 Å². The minimum absolute atomic E-state index is 0. The molecular formula is C7H17ClMgSi. The van der Waals surface area contributed by atoms with Gasteiger partial charge in [-0.15, -0.1) is 0 Å². The molecule has 0 aromatic heterocycles. The Labute approximate surface area is 88.7 Å². The van der Waals surface area contributed by atoms with Crippen molar-refractivity contribution < 1.29 is 12.4 Å². The van der Waals surface area contributed by atoms with Gasteiger partial charge in [-0.3, -0.25) is 0 Å². The average molecular weight is 189 g/mol. The molecule has 0 unspecified atom stereocenters. The van der Waals surface area contributed by atoms with Gasteiger partial charge in [-0.1, -0.05) is 47.0 Å². The first-order chi connectivity index (χ1) is 3.25. The second-order valence-corrected chi connectivity index (χ2v) is 9.40. The van der Waals surface area contributed by atoms with Gasteiger partial charge in [0.15, 0.2) is 0 Å². The molecule has 58 valence electrons. The summed E-state index contributed by atoms with van der Waals surface area (Å²) in [6.07, 6.45) is 0. The summed E-state index contributed by atoms with van der Waals surface area (Å²) < 4.78 is 0. The minimum atomic E-state index is -1.11. The summed E-state index contributed by atoms with van der Waals surface area (Å²) in [7, 11) is -1.11. The zero-order valence-corrected chi connectivity index (χ0v) is 11.0. The second-order valence-electron chi connectivity index (χ2n) is 4.13. The minimum Gasteiger partial charge on any atom is -1.00 e. The van der Waals surface area contributed by atoms with Crippen LogP contribution < -0.4 is 12.4 Å². The van der Waals surface area contributed by atoms with Crippen LogP contribution in [0.25, 0.3) is 0 Å². The average Bonchev–Trinajstić information content (AvgIpc) is 1.25. The maximum atomic E-state index is 4.18. The van der Waals surface area contributed by atoms with Gasteiger partial charge < -0.3 is 19.0 Å². The fourth-order valence-electron chi connectivity index (χ4n) is 0. The fraction of sp³-hybridized carbons (Fsp3) is 0.857. The number of halogens is 1. The van der Waals surface area contributed by atoms with E-state index in [0.717, 1.165) is 0 Å². The van der Waals surface area contributed by atoms with Crippen molar-refractivity contribution in [3.8, 4) is 0 Å². The summed E-state index contributed by atoms with van der Waals surface area (Å²) in [4.78, 5) is 0. The van der Waals surface area contributed by atoms with Crippen LogP contribution in [0.3, 0.4) is 0 Å². The van der Waals surface area contributed by atoms with Crippen LogP contribution in [-0.2, 0) is 0 Å². The van der Waals surface area contributed by atoms with E-state index < -0.39 is 8.07 Å². The molecule has 0 heterocycles. The van der Waals surface area contributed by atoms with E-state index in [1.54, 1.807) is 0 Å². The van der Waals surface area contributed by atoms with Crippen molar-refractivity contribution in [1.82, 2.24) is 0 Å². The van der Waals surface area contributed by atoms with Crippen molar-refractivity contribution in [2.45, 2.75) is 38.9 Å². The summed E-state index contributed by atoms with van der Waals surface area (Å²) in [6, 6.07) is 0. The van der Waals surface area contributed by atoms with Crippen molar-refractivity contribution in [3.63, 3.8) is 0 Å². The summed E-state index contributed by atoms with van der Waals surface area (Å²) >= 11 is 0. The molecule has 3 heteroatoms. The van der Waals surface area contributed by atoms with Gasteiger partial charge in [-0.25, -0.2) is 0 Å². The van der Waals surface area contributed by atoms with E-state index in [0.29, 0.717) is 5.04 Å². The molecule has 0 aliphatic heterocycles. The molecule has 0 aromatic carbocycles. The van der Waals surface area contributed by atoms with Crippen molar-refractivity contribution >= 4 is 31.1 Å². The van der Waals surface area contributed by atoms with E-state index in [9.17, 15) is 0 Å². The number of hydrogen-bond donors (Lipinski definition) is 0. The van der Waals surface area contributed by atoms with Gasteiger partial charge in [0.1, 0.15) is 0 Å². The summed E-state index contributed by atoms with van der Waals surface area (Å²) in [5, 5.41) is 0.465. The van der Waals surface area contributed by atoms with Crippen molar-refractivity contribution in [2.24, 2.45) is 0 Å². The van der Waals surface area contributed by atoms with Crippen LogP contribution in [0.2, 0.25) is 18.1 Å². The fourth-order valence-corrected chi connectivity index (χ4v) is 0. The van der Waals surface area contributed by atoms with Crippen molar-refractivity contribution in [1.29, 1.82) is 0 Å². The standard InChI is InChI=1S/C7H17Si.ClH.Mg/c1-7(2,3)8(4,5)6;;/h4H2,1-3,5-6H3;1H;/q-1;;+2/p-1. The van der Waals surface area contributed by atoms with E-state index >= 15 is 0 Å². The van der Waals surface area contributed by atoms with Crippen molar-refractivity contribution in [2.75, 3.05) is 0 Å². The molecule has 0 spiro atoms. The zero-order valence-electron chi connectivity index (χ0n) is 7.79. The van der Waals surface area contributed by atoms with Gasteiger partial charge in [-0.05, 0) is 0 Å². The molecule has 0 N–H and O–H groups in total. The first-order valence-corrected chi connectivity index (χ1v) is 6.31. The molecule has 0 aliphatic rings. The molecule has 0 rings (SSSR count). The molecule has 0 saturated carbocycles. The summed E-state index contributed by atoms with van der Waals surface area (Å²) in [5.74, 6) is 0. The Morgan fingerprint density at radius 2 is 1.20 bits per heavy atom. The normalized spacial score (nSPS) is 11.4. The summed E-state index contributed by atoms with van der Waals surface area (Å²) in [6.45, 7) is 15.6. The monoisotopic (exact) mass is 188 g/mol. The molecule has 10 heavy (non-hydrogen) atoms. The van der Waals surface area contributed by atoms with Crippen LogP contribution >= 0.6 is 0 Å². The number of hydrogen-bond acceptors (Lipinski definition) is 0. The SMILES string of the molecule is [CH2-][Si](C)(C)C(C)(C)C.[Cl-].[Mg+2]. The van der Waals surface area contributed by atoms with Crippen LogP contribution in [0.4, 0.5) is 0 Å². The predicted octanol–water partition coefficient (Wildman–Crippen LogP) is -0.509. The topological polar surface area (TPSA) is 0 Å². The Kier molecular flexibility index (Phi) is 8.72. The van der Waals surface area contributed by atoms with E-state index in [1.165, 1.54) is 0 Å². The maximum absolute atomic E-state index is 4.18. The van der Waals surface area contributed by atoms with Gasteiger partial charge in [0, 0.05) is 0 Å². The van der Waals surface area contributed by atoms with E-state index in [-0.39, 0.29) is 35.5 Å². The molecule has 0 bridgehead atoms. The molecule has 0 amide bonds. The molecule has 0 atom stereocenters. The zero-order chi connectivity index (χ0) is 7.00. The molecule has 0 aliphatic carbocycles. The Balaban J connectivity index is -0.000000245. The third-order valence-corrected chi connectivity index (χ3v) is 6.09. The van der Waals surface area contributed by atoms with Crippen LogP contribution in [0.5, 0.6) is 0 Å². The molecular weight excluding hydrogens is 172 g/mol. The van der Waals surface area contributed by atoms with E-state index in [1.807, 2.05) is 0 Å². The smallest absolute Gasteiger partial charge is 1.00 e. The van der Waals surface area contributed by atoms with Gasteiger partial charge in [0.05, 0.1) is 0 Å².